The number of hydrogen-bond donors (Lipinski definition) is 1. The summed E-state index contributed by atoms with van der Waals surface area (Å²) in [5.74, 6) is 0.0405. The van der Waals surface area contributed by atoms with Gasteiger partial charge in [-0.1, -0.05) is 11.2 Å². The van der Waals surface area contributed by atoms with Gasteiger partial charge in [0.2, 0.25) is 5.89 Å². The molecule has 1 heterocycles. The lowest BCUT2D eigenvalue weighted by atomic mass is 10.2. The van der Waals surface area contributed by atoms with Crippen LogP contribution in [-0.4, -0.2) is 10.2 Å². The lowest BCUT2D eigenvalue weighted by Crippen LogP contribution is -1.94. The second kappa shape index (κ2) is 4.49. The van der Waals surface area contributed by atoms with Gasteiger partial charge in [-0.25, -0.2) is 4.39 Å². The second-order valence-corrected chi connectivity index (χ2v) is 3.51. The van der Waals surface area contributed by atoms with Crippen LogP contribution in [-0.2, 0) is 5.88 Å². The summed E-state index contributed by atoms with van der Waals surface area (Å²) >= 11 is 5.50. The van der Waals surface area contributed by atoms with Gasteiger partial charge in [0, 0.05) is 0 Å². The van der Waals surface area contributed by atoms with Crippen LogP contribution in [0, 0.1) is 12.7 Å². The molecule has 16 heavy (non-hydrogen) atoms. The van der Waals surface area contributed by atoms with Crippen molar-refractivity contribution in [2.45, 2.75) is 12.8 Å². The predicted octanol–water partition coefficient (Wildman–Crippen LogP) is 3.00. The number of nitrogens with one attached hydrogen (secondary N) is 1. The zero-order chi connectivity index (χ0) is 11.5. The van der Waals surface area contributed by atoms with Gasteiger partial charge >= 0.3 is 6.01 Å². The van der Waals surface area contributed by atoms with Crippen LogP contribution in [0.2, 0.25) is 0 Å². The molecule has 1 aromatic carbocycles. The molecule has 84 valence electrons. The number of aryl methyl sites for hydroxylation is 1. The highest BCUT2D eigenvalue weighted by Gasteiger charge is 2.08. The maximum absolute atomic E-state index is 13.4. The fraction of sp³-hybridized carbons (Fsp3) is 0.200. The molecule has 0 radical (unpaired) electrons. The van der Waals surface area contributed by atoms with E-state index in [1.807, 2.05) is 6.92 Å². The molecule has 0 saturated heterocycles. The van der Waals surface area contributed by atoms with E-state index in [0.29, 0.717) is 5.69 Å². The average molecular weight is 242 g/mol. The van der Waals surface area contributed by atoms with E-state index in [0.717, 1.165) is 5.56 Å². The van der Waals surface area contributed by atoms with Crippen molar-refractivity contribution >= 4 is 23.3 Å². The molecule has 0 atom stereocenters. The zero-order valence-corrected chi connectivity index (χ0v) is 9.25. The Bertz CT molecular complexity index is 501. The highest BCUT2D eigenvalue weighted by molar-refractivity contribution is 6.16. The highest BCUT2D eigenvalue weighted by atomic mass is 35.5. The molecule has 1 N–H and O–H groups in total. The Hall–Kier alpha value is -1.62. The lowest BCUT2D eigenvalue weighted by molar-refractivity contribution is 0.529. The molecule has 2 rings (SSSR count). The number of alkyl halides is 1. The summed E-state index contributed by atoms with van der Waals surface area (Å²) in [4.78, 5) is 0. The van der Waals surface area contributed by atoms with Gasteiger partial charge in [0.1, 0.15) is 11.7 Å². The molecule has 6 heteroatoms. The van der Waals surface area contributed by atoms with Crippen LogP contribution in [0.5, 0.6) is 0 Å². The van der Waals surface area contributed by atoms with Crippen LogP contribution in [0.3, 0.4) is 0 Å². The van der Waals surface area contributed by atoms with Crippen molar-refractivity contribution in [2.75, 3.05) is 5.32 Å². The Kier molecular flexibility index (Phi) is 3.05. The molecule has 0 aliphatic rings. The molecule has 0 amide bonds. The fourth-order valence-electron chi connectivity index (χ4n) is 1.21. The normalized spacial score (nSPS) is 10.4. The monoisotopic (exact) mass is 241 g/mol. The summed E-state index contributed by atoms with van der Waals surface area (Å²) in [5, 5.41) is 10.0. The minimum absolute atomic E-state index is 0.125. The van der Waals surface area contributed by atoms with E-state index in [-0.39, 0.29) is 23.6 Å². The molecule has 0 unspecified atom stereocenters. The van der Waals surface area contributed by atoms with Crippen LogP contribution in [0.4, 0.5) is 16.1 Å². The summed E-state index contributed by atoms with van der Waals surface area (Å²) < 4.78 is 18.5. The maximum atomic E-state index is 13.4. The molecule has 0 bridgehead atoms. The molecule has 1 aromatic heterocycles. The van der Waals surface area contributed by atoms with E-state index in [4.69, 9.17) is 16.0 Å². The van der Waals surface area contributed by atoms with Crippen LogP contribution in [0.25, 0.3) is 0 Å². The number of hydrogen-bond acceptors (Lipinski definition) is 4. The number of benzene rings is 1. The molecule has 4 nitrogen and oxygen atoms in total. The van der Waals surface area contributed by atoms with Crippen molar-refractivity contribution < 1.29 is 8.81 Å². The molecule has 0 spiro atoms. The Labute approximate surface area is 96.4 Å². The number of aromatic nitrogens is 2. The first-order valence-corrected chi connectivity index (χ1v) is 5.14. The van der Waals surface area contributed by atoms with Gasteiger partial charge in [0.05, 0.1) is 5.69 Å². The van der Waals surface area contributed by atoms with Gasteiger partial charge in [-0.2, -0.15) is 0 Å². The quantitative estimate of drug-likeness (QED) is 0.840. The molecular weight excluding hydrogens is 233 g/mol. The maximum Gasteiger partial charge on any atom is 0.320 e. The summed E-state index contributed by atoms with van der Waals surface area (Å²) in [6.07, 6.45) is 0. The Balaban J connectivity index is 2.22. The van der Waals surface area contributed by atoms with Gasteiger partial charge in [-0.3, -0.25) is 0 Å². The third-order valence-corrected chi connectivity index (χ3v) is 2.17. The third-order valence-electron chi connectivity index (χ3n) is 1.94. The summed E-state index contributed by atoms with van der Waals surface area (Å²) in [6.45, 7) is 1.86. The van der Waals surface area contributed by atoms with E-state index in [1.54, 1.807) is 12.1 Å². The minimum Gasteiger partial charge on any atom is -0.407 e. The van der Waals surface area contributed by atoms with Gasteiger partial charge in [-0.05, 0) is 24.6 Å². The van der Waals surface area contributed by atoms with Crippen molar-refractivity contribution in [1.82, 2.24) is 10.2 Å². The van der Waals surface area contributed by atoms with E-state index < -0.39 is 0 Å². The van der Waals surface area contributed by atoms with E-state index in [1.165, 1.54) is 6.07 Å². The Morgan fingerprint density at radius 1 is 1.44 bits per heavy atom. The van der Waals surface area contributed by atoms with Crippen molar-refractivity contribution in [2.24, 2.45) is 0 Å². The smallest absolute Gasteiger partial charge is 0.320 e. The van der Waals surface area contributed by atoms with Gasteiger partial charge < -0.3 is 9.73 Å². The number of rotatable bonds is 3. The summed E-state index contributed by atoms with van der Waals surface area (Å²) in [6, 6.07) is 4.83. The van der Waals surface area contributed by atoms with Crippen LogP contribution in [0.15, 0.2) is 22.6 Å². The predicted molar refractivity (Wildman–Crippen MR) is 58.3 cm³/mol. The zero-order valence-electron chi connectivity index (χ0n) is 8.50. The van der Waals surface area contributed by atoms with Crippen molar-refractivity contribution in [3.63, 3.8) is 0 Å². The van der Waals surface area contributed by atoms with E-state index in [9.17, 15) is 4.39 Å². The van der Waals surface area contributed by atoms with Crippen LogP contribution in [0.1, 0.15) is 11.5 Å². The SMILES string of the molecule is Cc1ccc(F)c(Nc2nnc(CCl)o2)c1. The Morgan fingerprint density at radius 3 is 2.94 bits per heavy atom. The third kappa shape index (κ3) is 2.30. The Morgan fingerprint density at radius 2 is 2.25 bits per heavy atom. The van der Waals surface area contributed by atoms with Gasteiger partial charge in [0.15, 0.2) is 0 Å². The number of halogens is 2. The second-order valence-electron chi connectivity index (χ2n) is 3.24. The number of anilines is 2. The number of nitrogens with zero attached hydrogens (tertiary/aromatic N) is 2. The highest BCUT2D eigenvalue weighted by Crippen LogP contribution is 2.20. The summed E-state index contributed by atoms with van der Waals surface area (Å²) in [5.41, 5.74) is 1.23. The molecule has 2 aromatic rings. The first kappa shape index (κ1) is 10.9. The molecular formula is C10H9ClFN3O. The van der Waals surface area contributed by atoms with Gasteiger partial charge in [-0.15, -0.1) is 16.7 Å². The molecule has 0 saturated carbocycles. The largest absolute Gasteiger partial charge is 0.407 e. The summed E-state index contributed by atoms with van der Waals surface area (Å²) in [7, 11) is 0. The van der Waals surface area contributed by atoms with Crippen LogP contribution < -0.4 is 5.32 Å². The van der Waals surface area contributed by atoms with Crippen molar-refractivity contribution in [3.05, 3.63) is 35.5 Å². The molecule has 0 aliphatic carbocycles. The lowest BCUT2D eigenvalue weighted by Gasteiger charge is -2.03. The minimum atomic E-state index is -0.378. The average Bonchev–Trinajstić information content (AvgIpc) is 2.71. The van der Waals surface area contributed by atoms with Crippen LogP contribution >= 0.6 is 11.6 Å². The van der Waals surface area contributed by atoms with E-state index >= 15 is 0 Å². The standard InChI is InChI=1S/C10H9ClFN3O/c1-6-2-3-7(12)8(4-6)13-10-15-14-9(5-11)16-10/h2-4H,5H2,1H3,(H,13,15). The molecule has 0 aliphatic heterocycles. The van der Waals surface area contributed by atoms with Crippen molar-refractivity contribution in [3.8, 4) is 0 Å². The van der Waals surface area contributed by atoms with E-state index in [2.05, 4.69) is 15.5 Å². The van der Waals surface area contributed by atoms with Crippen molar-refractivity contribution in [1.29, 1.82) is 0 Å². The van der Waals surface area contributed by atoms with Gasteiger partial charge in [0.25, 0.3) is 0 Å². The molecule has 0 fully saturated rings. The topological polar surface area (TPSA) is 51.0 Å². The first-order valence-electron chi connectivity index (χ1n) is 4.60. The first-order chi connectivity index (χ1) is 7.69. The fourth-order valence-corrected chi connectivity index (χ4v) is 1.32.